The second-order valence-electron chi connectivity index (χ2n) is 6.39. The normalized spacial score (nSPS) is 11.4. The van der Waals surface area contributed by atoms with Crippen LogP contribution in [0.25, 0.3) is 11.0 Å². The molecule has 0 aliphatic heterocycles. The van der Waals surface area contributed by atoms with Crippen LogP contribution >= 0.6 is 15.9 Å². The second kappa shape index (κ2) is 7.54. The lowest BCUT2D eigenvalue weighted by molar-refractivity contribution is 0.188. The quantitative estimate of drug-likeness (QED) is 0.628. The van der Waals surface area contributed by atoms with E-state index >= 15 is 0 Å². The van der Waals surface area contributed by atoms with Gasteiger partial charge in [-0.25, -0.2) is 4.98 Å². The van der Waals surface area contributed by atoms with Gasteiger partial charge in [0.15, 0.2) is 0 Å². The summed E-state index contributed by atoms with van der Waals surface area (Å²) < 4.78 is 8.28. The molecule has 0 bridgehead atoms. The first-order valence-corrected chi connectivity index (χ1v) is 9.17. The third-order valence-electron chi connectivity index (χ3n) is 4.25. The van der Waals surface area contributed by atoms with Crippen molar-refractivity contribution in [1.82, 2.24) is 14.5 Å². The highest BCUT2D eigenvalue weighted by atomic mass is 79.9. The SMILES string of the molecule is COCCn1ccc2c(C)nc(Nc3ccc(C(C)C)cc3Br)nc21. The van der Waals surface area contributed by atoms with E-state index in [9.17, 15) is 0 Å². The van der Waals surface area contributed by atoms with Crippen LogP contribution in [0.2, 0.25) is 0 Å². The van der Waals surface area contributed by atoms with Gasteiger partial charge in [0.05, 0.1) is 18.0 Å². The standard InChI is InChI=1S/C19H23BrN4O/c1-12(2)14-5-6-17(16(20)11-14)22-19-21-13(3)15-7-8-24(9-10-25-4)18(15)23-19/h5-8,11-12H,9-10H2,1-4H3,(H,21,22,23). The van der Waals surface area contributed by atoms with Gasteiger partial charge < -0.3 is 14.6 Å². The summed E-state index contributed by atoms with van der Waals surface area (Å²) in [4.78, 5) is 9.31. The van der Waals surface area contributed by atoms with Gasteiger partial charge in [-0.1, -0.05) is 19.9 Å². The van der Waals surface area contributed by atoms with E-state index in [-0.39, 0.29) is 0 Å². The number of aryl methyl sites for hydroxylation is 1. The Morgan fingerprint density at radius 2 is 2.04 bits per heavy atom. The van der Waals surface area contributed by atoms with Crippen LogP contribution in [0.15, 0.2) is 34.9 Å². The number of aromatic nitrogens is 3. The maximum Gasteiger partial charge on any atom is 0.229 e. The molecule has 0 radical (unpaired) electrons. The van der Waals surface area contributed by atoms with Crippen molar-refractivity contribution in [3.63, 3.8) is 0 Å². The third-order valence-corrected chi connectivity index (χ3v) is 4.91. The van der Waals surface area contributed by atoms with Crippen molar-refractivity contribution in [2.24, 2.45) is 0 Å². The first-order chi connectivity index (χ1) is 12.0. The van der Waals surface area contributed by atoms with E-state index in [0.717, 1.165) is 33.4 Å². The first-order valence-electron chi connectivity index (χ1n) is 8.38. The van der Waals surface area contributed by atoms with Crippen LogP contribution in [0, 0.1) is 6.92 Å². The van der Waals surface area contributed by atoms with E-state index in [1.807, 2.05) is 13.1 Å². The fourth-order valence-corrected chi connectivity index (χ4v) is 3.25. The van der Waals surface area contributed by atoms with Crippen molar-refractivity contribution >= 4 is 38.6 Å². The van der Waals surface area contributed by atoms with Gasteiger partial charge in [-0.15, -0.1) is 0 Å². The summed E-state index contributed by atoms with van der Waals surface area (Å²) in [7, 11) is 1.71. The highest BCUT2D eigenvalue weighted by Crippen LogP contribution is 2.29. The van der Waals surface area contributed by atoms with Crippen LogP contribution in [0.4, 0.5) is 11.6 Å². The zero-order valence-corrected chi connectivity index (χ0v) is 16.6. The monoisotopic (exact) mass is 402 g/mol. The summed E-state index contributed by atoms with van der Waals surface area (Å²) in [5, 5.41) is 4.40. The molecule has 25 heavy (non-hydrogen) atoms. The number of rotatable bonds is 6. The van der Waals surface area contributed by atoms with Gasteiger partial charge in [0.1, 0.15) is 5.65 Å². The van der Waals surface area contributed by atoms with Crippen LogP contribution in [-0.4, -0.2) is 28.3 Å². The molecule has 0 fully saturated rings. The van der Waals surface area contributed by atoms with E-state index < -0.39 is 0 Å². The summed E-state index contributed by atoms with van der Waals surface area (Å²) in [6.07, 6.45) is 2.03. The smallest absolute Gasteiger partial charge is 0.229 e. The topological polar surface area (TPSA) is 52.0 Å². The van der Waals surface area contributed by atoms with Crippen LogP contribution < -0.4 is 5.32 Å². The number of methoxy groups -OCH3 is 1. The van der Waals surface area contributed by atoms with Crippen molar-refractivity contribution in [3.05, 3.63) is 46.2 Å². The van der Waals surface area contributed by atoms with Crippen LogP contribution in [-0.2, 0) is 11.3 Å². The number of fused-ring (bicyclic) bond motifs is 1. The lowest BCUT2D eigenvalue weighted by Crippen LogP contribution is -2.06. The number of ether oxygens (including phenoxy) is 1. The summed E-state index contributed by atoms with van der Waals surface area (Å²) in [6, 6.07) is 8.38. The summed E-state index contributed by atoms with van der Waals surface area (Å²) in [5.74, 6) is 1.09. The van der Waals surface area contributed by atoms with Crippen LogP contribution in [0.5, 0.6) is 0 Å². The summed E-state index contributed by atoms with van der Waals surface area (Å²) >= 11 is 3.64. The molecule has 1 N–H and O–H groups in total. The Labute approximate surface area is 156 Å². The van der Waals surface area contributed by atoms with Gasteiger partial charge in [0.25, 0.3) is 0 Å². The predicted octanol–water partition coefficient (Wildman–Crippen LogP) is 5.02. The Hall–Kier alpha value is -1.92. The largest absolute Gasteiger partial charge is 0.383 e. The minimum atomic E-state index is 0.490. The highest BCUT2D eigenvalue weighted by Gasteiger charge is 2.11. The molecule has 1 aromatic carbocycles. The van der Waals surface area contributed by atoms with Crippen molar-refractivity contribution in [2.45, 2.75) is 33.2 Å². The van der Waals surface area contributed by atoms with Gasteiger partial charge in [-0.05, 0) is 52.5 Å². The minimum absolute atomic E-state index is 0.490. The zero-order chi connectivity index (χ0) is 18.0. The summed E-state index contributed by atoms with van der Waals surface area (Å²) in [6.45, 7) is 7.79. The number of nitrogens with zero attached hydrogens (tertiary/aromatic N) is 3. The fraction of sp³-hybridized carbons (Fsp3) is 0.368. The number of benzene rings is 1. The predicted molar refractivity (Wildman–Crippen MR) is 106 cm³/mol. The molecule has 0 spiro atoms. The Morgan fingerprint density at radius 1 is 1.24 bits per heavy atom. The molecule has 5 nitrogen and oxygen atoms in total. The van der Waals surface area contributed by atoms with Gasteiger partial charge in [-0.2, -0.15) is 4.98 Å². The van der Waals surface area contributed by atoms with Gasteiger partial charge in [0, 0.05) is 29.7 Å². The Morgan fingerprint density at radius 3 is 2.72 bits per heavy atom. The summed E-state index contributed by atoms with van der Waals surface area (Å²) in [5.41, 5.74) is 4.12. The molecule has 0 atom stereocenters. The molecule has 6 heteroatoms. The average molecular weight is 403 g/mol. The average Bonchev–Trinajstić information content (AvgIpc) is 2.98. The second-order valence-corrected chi connectivity index (χ2v) is 7.25. The maximum absolute atomic E-state index is 5.18. The molecule has 3 aromatic rings. The molecule has 0 saturated heterocycles. The van der Waals surface area contributed by atoms with Crippen LogP contribution in [0.3, 0.4) is 0 Å². The Balaban J connectivity index is 1.93. The van der Waals surface area contributed by atoms with Crippen molar-refractivity contribution in [2.75, 3.05) is 19.0 Å². The first kappa shape index (κ1) is 17.9. The van der Waals surface area contributed by atoms with Gasteiger partial charge in [0.2, 0.25) is 5.95 Å². The van der Waals surface area contributed by atoms with E-state index in [2.05, 4.69) is 68.9 Å². The van der Waals surface area contributed by atoms with Crippen molar-refractivity contribution in [1.29, 1.82) is 0 Å². The number of hydrogen-bond donors (Lipinski definition) is 1. The third kappa shape index (κ3) is 3.85. The number of anilines is 2. The van der Waals surface area contributed by atoms with E-state index in [1.54, 1.807) is 7.11 Å². The molecule has 0 aliphatic rings. The van der Waals surface area contributed by atoms with Crippen molar-refractivity contribution in [3.8, 4) is 0 Å². The lowest BCUT2D eigenvalue weighted by atomic mass is 10.0. The zero-order valence-electron chi connectivity index (χ0n) is 15.0. The Bertz CT molecular complexity index is 889. The van der Waals surface area contributed by atoms with Gasteiger partial charge in [-0.3, -0.25) is 0 Å². The number of nitrogens with one attached hydrogen (secondary N) is 1. The minimum Gasteiger partial charge on any atom is -0.383 e. The van der Waals surface area contributed by atoms with E-state index in [0.29, 0.717) is 18.5 Å². The number of hydrogen-bond acceptors (Lipinski definition) is 4. The van der Waals surface area contributed by atoms with E-state index in [4.69, 9.17) is 9.72 Å². The molecule has 0 aliphatic carbocycles. The molecule has 0 amide bonds. The molecular formula is C19H23BrN4O. The lowest BCUT2D eigenvalue weighted by Gasteiger charge is -2.12. The van der Waals surface area contributed by atoms with Crippen molar-refractivity contribution < 1.29 is 4.74 Å². The fourth-order valence-electron chi connectivity index (χ4n) is 2.75. The van der Waals surface area contributed by atoms with Gasteiger partial charge >= 0.3 is 0 Å². The molecule has 3 rings (SSSR count). The molecule has 2 heterocycles. The molecule has 0 unspecified atom stereocenters. The maximum atomic E-state index is 5.18. The molecule has 2 aromatic heterocycles. The molecular weight excluding hydrogens is 380 g/mol. The Kier molecular flexibility index (Phi) is 5.39. The number of halogens is 1. The molecule has 0 saturated carbocycles. The van der Waals surface area contributed by atoms with E-state index in [1.165, 1.54) is 5.56 Å². The molecule has 132 valence electrons. The van der Waals surface area contributed by atoms with Crippen LogP contribution in [0.1, 0.15) is 31.0 Å². The highest BCUT2D eigenvalue weighted by molar-refractivity contribution is 9.10.